The van der Waals surface area contributed by atoms with E-state index in [2.05, 4.69) is 42.0 Å². The molecule has 4 atom stereocenters. The Hall–Kier alpha value is -1.70. The van der Waals surface area contributed by atoms with Crippen molar-refractivity contribution >= 4 is 0 Å². The molecule has 4 unspecified atom stereocenters. The number of aromatic nitrogens is 2. The predicted octanol–water partition coefficient (Wildman–Crippen LogP) is 4.36. The maximum Gasteiger partial charge on any atom is 0.0472 e. The van der Waals surface area contributed by atoms with Gasteiger partial charge in [0, 0.05) is 30.2 Å². The summed E-state index contributed by atoms with van der Waals surface area (Å²) in [5.74, 6) is 2.78. The van der Waals surface area contributed by atoms with Crippen molar-refractivity contribution in [3.8, 4) is 0 Å². The molecule has 2 nitrogen and oxygen atoms in total. The highest BCUT2D eigenvalue weighted by Gasteiger charge is 2.38. The Morgan fingerprint density at radius 1 is 0.900 bits per heavy atom. The summed E-state index contributed by atoms with van der Waals surface area (Å²) in [5.41, 5.74) is 5.80. The van der Waals surface area contributed by atoms with Crippen LogP contribution in [0.1, 0.15) is 72.7 Å². The Bertz CT molecular complexity index is 592. The number of hydrogen-bond donors (Lipinski definition) is 0. The van der Waals surface area contributed by atoms with Crippen molar-refractivity contribution in [3.05, 3.63) is 59.2 Å². The van der Waals surface area contributed by atoms with Gasteiger partial charge in [0.15, 0.2) is 0 Å². The van der Waals surface area contributed by atoms with Crippen LogP contribution in [0.15, 0.2) is 36.8 Å². The first-order chi connectivity index (χ1) is 9.77. The second-order valence-corrected chi connectivity index (χ2v) is 6.35. The van der Waals surface area contributed by atoms with E-state index in [4.69, 9.17) is 0 Å². The molecule has 0 bridgehead atoms. The molecule has 0 saturated carbocycles. The molecular formula is C18H20N2. The van der Waals surface area contributed by atoms with E-state index >= 15 is 0 Å². The fourth-order valence-electron chi connectivity index (χ4n) is 4.18. The van der Waals surface area contributed by atoms with Crippen LogP contribution in [0.2, 0.25) is 0 Å². The Kier molecular flexibility index (Phi) is 2.66. The van der Waals surface area contributed by atoms with Gasteiger partial charge in [-0.2, -0.15) is 0 Å². The largest absolute Gasteiger partial charge is 0.264 e. The van der Waals surface area contributed by atoms with E-state index in [1.807, 2.05) is 18.6 Å². The molecule has 2 heterocycles. The zero-order valence-corrected chi connectivity index (χ0v) is 12.1. The first-order valence-corrected chi connectivity index (χ1v) is 7.66. The van der Waals surface area contributed by atoms with Gasteiger partial charge in [0.1, 0.15) is 0 Å². The van der Waals surface area contributed by atoms with Crippen LogP contribution in [0.5, 0.6) is 0 Å². The van der Waals surface area contributed by atoms with Gasteiger partial charge in [-0.1, -0.05) is 19.9 Å². The highest BCUT2D eigenvalue weighted by atomic mass is 14.7. The fourth-order valence-corrected chi connectivity index (χ4v) is 4.18. The monoisotopic (exact) mass is 264 g/mol. The molecule has 2 heteroatoms. The third-order valence-electron chi connectivity index (χ3n) is 5.47. The third-order valence-corrected chi connectivity index (χ3v) is 5.47. The maximum absolute atomic E-state index is 4.50. The quantitative estimate of drug-likeness (QED) is 0.823. The molecular weight excluding hydrogens is 244 g/mol. The van der Waals surface area contributed by atoms with Crippen LogP contribution >= 0.6 is 0 Å². The van der Waals surface area contributed by atoms with Crippen LogP contribution in [-0.4, -0.2) is 9.97 Å². The standard InChI is InChI=1S/C18H20N2/c1-11-13(15-7-9-19-10-17(11)15)5-6-14-12(2)18-16(14)4-3-8-20-18/h3-4,7-14H,5-6H2,1-2H3. The zero-order chi connectivity index (χ0) is 13.7. The molecule has 2 aromatic rings. The minimum atomic E-state index is 0.637. The van der Waals surface area contributed by atoms with Gasteiger partial charge in [0.05, 0.1) is 0 Å². The summed E-state index contributed by atoms with van der Waals surface area (Å²) in [7, 11) is 0. The van der Waals surface area contributed by atoms with Crippen molar-refractivity contribution in [2.45, 2.75) is 50.4 Å². The molecule has 0 aliphatic heterocycles. The molecule has 0 N–H and O–H groups in total. The second-order valence-electron chi connectivity index (χ2n) is 6.35. The van der Waals surface area contributed by atoms with Crippen LogP contribution in [-0.2, 0) is 0 Å². The molecule has 0 radical (unpaired) electrons. The molecule has 2 aromatic heterocycles. The molecule has 102 valence electrons. The molecule has 20 heavy (non-hydrogen) atoms. The van der Waals surface area contributed by atoms with Crippen molar-refractivity contribution in [1.82, 2.24) is 9.97 Å². The second kappa shape index (κ2) is 4.41. The number of nitrogens with zero attached hydrogens (tertiary/aromatic N) is 2. The normalized spacial score (nSPS) is 29.9. The van der Waals surface area contributed by atoms with Gasteiger partial charge in [-0.05, 0) is 59.4 Å². The third kappa shape index (κ3) is 1.57. The molecule has 0 aromatic carbocycles. The van der Waals surface area contributed by atoms with Gasteiger partial charge in [-0.25, -0.2) is 0 Å². The molecule has 0 amide bonds. The minimum Gasteiger partial charge on any atom is -0.264 e. The lowest BCUT2D eigenvalue weighted by Crippen LogP contribution is -2.27. The fraction of sp³-hybridized carbons (Fsp3) is 0.444. The van der Waals surface area contributed by atoms with Gasteiger partial charge in [-0.3, -0.25) is 9.97 Å². The van der Waals surface area contributed by atoms with E-state index in [1.165, 1.54) is 35.2 Å². The van der Waals surface area contributed by atoms with Gasteiger partial charge < -0.3 is 0 Å². The Balaban J connectivity index is 1.46. The lowest BCUT2D eigenvalue weighted by atomic mass is 9.64. The van der Waals surface area contributed by atoms with Gasteiger partial charge in [-0.15, -0.1) is 0 Å². The lowest BCUT2D eigenvalue weighted by Gasteiger charge is -2.41. The van der Waals surface area contributed by atoms with E-state index in [0.717, 1.165) is 11.8 Å². The summed E-state index contributed by atoms with van der Waals surface area (Å²) < 4.78 is 0. The Morgan fingerprint density at radius 3 is 2.55 bits per heavy atom. The number of fused-ring (bicyclic) bond motifs is 2. The van der Waals surface area contributed by atoms with E-state index in [9.17, 15) is 0 Å². The highest BCUT2D eigenvalue weighted by Crippen LogP contribution is 2.53. The first kappa shape index (κ1) is 12.1. The summed E-state index contributed by atoms with van der Waals surface area (Å²) in [4.78, 5) is 8.74. The number of pyridine rings is 2. The zero-order valence-electron chi connectivity index (χ0n) is 12.1. The van der Waals surface area contributed by atoms with Crippen LogP contribution in [0, 0.1) is 0 Å². The van der Waals surface area contributed by atoms with E-state index in [1.54, 1.807) is 0 Å². The van der Waals surface area contributed by atoms with E-state index in [0.29, 0.717) is 11.8 Å². The molecule has 0 fully saturated rings. The predicted molar refractivity (Wildman–Crippen MR) is 80.0 cm³/mol. The Morgan fingerprint density at radius 2 is 1.70 bits per heavy atom. The van der Waals surface area contributed by atoms with Crippen molar-refractivity contribution in [2.75, 3.05) is 0 Å². The summed E-state index contributed by atoms with van der Waals surface area (Å²) in [6, 6.07) is 6.54. The topological polar surface area (TPSA) is 25.8 Å². The van der Waals surface area contributed by atoms with Crippen molar-refractivity contribution in [2.24, 2.45) is 0 Å². The molecule has 4 rings (SSSR count). The summed E-state index contributed by atoms with van der Waals surface area (Å²) in [5, 5.41) is 0. The van der Waals surface area contributed by atoms with Crippen molar-refractivity contribution < 1.29 is 0 Å². The van der Waals surface area contributed by atoms with Crippen molar-refractivity contribution in [3.63, 3.8) is 0 Å². The van der Waals surface area contributed by atoms with Crippen LogP contribution in [0.4, 0.5) is 0 Å². The van der Waals surface area contributed by atoms with Gasteiger partial charge in [0.2, 0.25) is 0 Å². The molecule has 2 aliphatic carbocycles. The van der Waals surface area contributed by atoms with Gasteiger partial charge >= 0.3 is 0 Å². The summed E-state index contributed by atoms with van der Waals surface area (Å²) in [6.07, 6.45) is 8.48. The van der Waals surface area contributed by atoms with Crippen LogP contribution in [0.25, 0.3) is 0 Å². The first-order valence-electron chi connectivity index (χ1n) is 7.66. The van der Waals surface area contributed by atoms with Crippen LogP contribution in [0.3, 0.4) is 0 Å². The highest BCUT2D eigenvalue weighted by molar-refractivity contribution is 5.43. The average molecular weight is 264 g/mol. The summed E-state index contributed by atoms with van der Waals surface area (Å²) >= 11 is 0. The van der Waals surface area contributed by atoms with E-state index in [-0.39, 0.29) is 0 Å². The SMILES string of the molecule is CC1c2cnccc2C1CCC1c2cccnc2C1C. The number of rotatable bonds is 3. The van der Waals surface area contributed by atoms with E-state index < -0.39 is 0 Å². The van der Waals surface area contributed by atoms with Gasteiger partial charge in [0.25, 0.3) is 0 Å². The smallest absolute Gasteiger partial charge is 0.0472 e. The summed E-state index contributed by atoms with van der Waals surface area (Å²) in [6.45, 7) is 4.66. The number of hydrogen-bond acceptors (Lipinski definition) is 2. The maximum atomic E-state index is 4.50. The molecule has 0 spiro atoms. The minimum absolute atomic E-state index is 0.637. The average Bonchev–Trinajstić information content (AvgIpc) is 2.50. The molecule has 2 aliphatic rings. The van der Waals surface area contributed by atoms with Crippen molar-refractivity contribution in [1.29, 1.82) is 0 Å². The van der Waals surface area contributed by atoms with Crippen LogP contribution < -0.4 is 0 Å². The molecule has 0 saturated heterocycles. The lowest BCUT2D eigenvalue weighted by molar-refractivity contribution is 0.384. The Labute approximate surface area is 120 Å².